The van der Waals surface area contributed by atoms with Crippen LogP contribution in [0.15, 0.2) is 60.7 Å². The number of hydrogen-bond acceptors (Lipinski definition) is 3. The maximum absolute atomic E-state index is 3.81. The Kier molecular flexibility index (Phi) is 10.1. The first-order valence-corrected chi connectivity index (χ1v) is 10.4. The second-order valence-corrected chi connectivity index (χ2v) is 7.53. The molecule has 2 unspecified atom stereocenters. The molecule has 0 aliphatic rings. The molecule has 0 fully saturated rings. The van der Waals surface area contributed by atoms with Crippen LogP contribution in [-0.4, -0.2) is 38.8 Å². The molecule has 0 heterocycles. The van der Waals surface area contributed by atoms with Crippen molar-refractivity contribution < 1.29 is 0 Å². The predicted octanol–water partition coefficient (Wildman–Crippen LogP) is 3.65. The van der Waals surface area contributed by atoms with Crippen LogP contribution in [0.1, 0.15) is 31.4 Å². The van der Waals surface area contributed by atoms with Crippen LogP contribution < -0.4 is 16.0 Å². The molecule has 0 amide bonds. The molecule has 0 aliphatic carbocycles. The summed E-state index contributed by atoms with van der Waals surface area (Å²) in [4.78, 5) is 0. The van der Waals surface area contributed by atoms with Gasteiger partial charge in [0.15, 0.2) is 0 Å². The summed E-state index contributed by atoms with van der Waals surface area (Å²) in [5.74, 6) is 0.653. The van der Waals surface area contributed by atoms with Gasteiger partial charge in [-0.25, -0.2) is 0 Å². The highest BCUT2D eigenvalue weighted by atomic mass is 15.0. The largest absolute Gasteiger partial charge is 0.318 e. The zero-order chi connectivity index (χ0) is 19.3. The number of hydrogen-bond donors (Lipinski definition) is 3. The maximum Gasteiger partial charge on any atom is 0.0233 e. The first kappa shape index (κ1) is 21.6. The third-order valence-electron chi connectivity index (χ3n) is 5.40. The van der Waals surface area contributed by atoms with Crippen LogP contribution in [-0.2, 0) is 12.8 Å². The normalized spacial score (nSPS) is 14.6. The first-order chi connectivity index (χ1) is 13.2. The molecule has 0 spiro atoms. The fourth-order valence-corrected chi connectivity index (χ4v) is 3.46. The first-order valence-electron chi connectivity index (χ1n) is 10.4. The van der Waals surface area contributed by atoms with E-state index in [2.05, 4.69) is 90.5 Å². The Morgan fingerprint density at radius 3 is 2.04 bits per heavy atom. The maximum atomic E-state index is 3.81. The van der Waals surface area contributed by atoms with Gasteiger partial charge in [0.25, 0.3) is 0 Å². The van der Waals surface area contributed by atoms with Crippen LogP contribution in [0.4, 0.5) is 0 Å². The lowest BCUT2D eigenvalue weighted by atomic mass is 9.97. The van der Waals surface area contributed by atoms with Crippen LogP contribution in [0.3, 0.4) is 0 Å². The van der Waals surface area contributed by atoms with Crippen molar-refractivity contribution in [3.05, 3.63) is 71.8 Å². The quantitative estimate of drug-likeness (QED) is 0.506. The Hall–Kier alpha value is -1.68. The average molecular weight is 368 g/mol. The van der Waals surface area contributed by atoms with E-state index in [0.717, 1.165) is 32.5 Å². The predicted molar refractivity (Wildman–Crippen MR) is 117 cm³/mol. The van der Waals surface area contributed by atoms with Gasteiger partial charge in [-0.15, -0.1) is 0 Å². The summed E-state index contributed by atoms with van der Waals surface area (Å²) in [6.45, 7) is 7.64. The minimum absolute atomic E-state index is 0.444. The average Bonchev–Trinajstić information content (AvgIpc) is 2.71. The summed E-state index contributed by atoms with van der Waals surface area (Å²) in [6.07, 6.45) is 3.33. The van der Waals surface area contributed by atoms with Gasteiger partial charge in [-0.2, -0.15) is 0 Å². The Morgan fingerprint density at radius 2 is 1.44 bits per heavy atom. The van der Waals surface area contributed by atoms with Crippen molar-refractivity contribution in [1.82, 2.24) is 16.0 Å². The molecular formula is C24H37N3. The zero-order valence-electron chi connectivity index (χ0n) is 17.2. The standard InChI is InChI=1S/C24H37N3/c1-4-20(2)24(26-16-15-21-11-7-5-8-12-21)19-27-23(18-25-3)17-22-13-9-6-10-14-22/h5-14,20,23-27H,4,15-19H2,1-3H3/t20?,23-,24?/m0/s1. The fraction of sp³-hybridized carbons (Fsp3) is 0.500. The lowest BCUT2D eigenvalue weighted by molar-refractivity contribution is 0.334. The van der Waals surface area contributed by atoms with Gasteiger partial charge in [0.2, 0.25) is 0 Å². The number of nitrogens with one attached hydrogen (secondary N) is 3. The molecule has 3 heteroatoms. The van der Waals surface area contributed by atoms with Gasteiger partial charge in [0.1, 0.15) is 0 Å². The molecular weight excluding hydrogens is 330 g/mol. The van der Waals surface area contributed by atoms with E-state index in [4.69, 9.17) is 0 Å². The van der Waals surface area contributed by atoms with E-state index in [1.807, 2.05) is 7.05 Å². The zero-order valence-corrected chi connectivity index (χ0v) is 17.2. The minimum atomic E-state index is 0.444. The Labute approximate surface area is 166 Å². The van der Waals surface area contributed by atoms with Crippen molar-refractivity contribution in [2.75, 3.05) is 26.7 Å². The number of rotatable bonds is 13. The van der Waals surface area contributed by atoms with Gasteiger partial charge in [-0.3, -0.25) is 0 Å². The summed E-state index contributed by atoms with van der Waals surface area (Å²) >= 11 is 0. The Balaban J connectivity index is 1.85. The molecule has 2 aromatic rings. The second-order valence-electron chi connectivity index (χ2n) is 7.53. The van der Waals surface area contributed by atoms with Crippen molar-refractivity contribution >= 4 is 0 Å². The summed E-state index contributed by atoms with van der Waals surface area (Å²) in [5, 5.41) is 10.9. The monoisotopic (exact) mass is 367 g/mol. The molecule has 0 saturated carbocycles. The molecule has 0 aromatic heterocycles. The second kappa shape index (κ2) is 12.7. The van der Waals surface area contributed by atoms with E-state index in [-0.39, 0.29) is 0 Å². The number of benzene rings is 2. The van der Waals surface area contributed by atoms with Crippen molar-refractivity contribution in [3.8, 4) is 0 Å². The van der Waals surface area contributed by atoms with Crippen molar-refractivity contribution in [2.24, 2.45) is 5.92 Å². The van der Waals surface area contributed by atoms with Gasteiger partial charge in [0.05, 0.1) is 0 Å². The van der Waals surface area contributed by atoms with Crippen molar-refractivity contribution in [2.45, 2.75) is 45.2 Å². The third-order valence-corrected chi connectivity index (χ3v) is 5.40. The van der Waals surface area contributed by atoms with Crippen LogP contribution >= 0.6 is 0 Å². The van der Waals surface area contributed by atoms with E-state index >= 15 is 0 Å². The molecule has 3 nitrogen and oxygen atoms in total. The van der Waals surface area contributed by atoms with E-state index in [1.165, 1.54) is 17.5 Å². The van der Waals surface area contributed by atoms with Gasteiger partial charge in [0, 0.05) is 25.2 Å². The summed E-state index contributed by atoms with van der Waals surface area (Å²) in [7, 11) is 2.03. The third kappa shape index (κ3) is 8.25. The van der Waals surface area contributed by atoms with Crippen LogP contribution in [0.25, 0.3) is 0 Å². The van der Waals surface area contributed by atoms with Gasteiger partial charge < -0.3 is 16.0 Å². The molecule has 2 rings (SSSR count). The number of likely N-dealkylation sites (N-methyl/N-ethyl adjacent to an activating group) is 1. The van der Waals surface area contributed by atoms with E-state index in [1.54, 1.807) is 0 Å². The van der Waals surface area contributed by atoms with Gasteiger partial charge in [-0.1, -0.05) is 80.9 Å². The summed E-state index contributed by atoms with van der Waals surface area (Å²) in [5.41, 5.74) is 2.79. The summed E-state index contributed by atoms with van der Waals surface area (Å²) < 4.78 is 0. The molecule has 0 radical (unpaired) electrons. The van der Waals surface area contributed by atoms with Gasteiger partial charge in [-0.05, 0) is 43.5 Å². The van der Waals surface area contributed by atoms with E-state index in [9.17, 15) is 0 Å². The van der Waals surface area contributed by atoms with Crippen molar-refractivity contribution in [1.29, 1.82) is 0 Å². The Bertz CT molecular complexity index is 600. The highest BCUT2D eigenvalue weighted by molar-refractivity contribution is 5.16. The minimum Gasteiger partial charge on any atom is -0.318 e. The van der Waals surface area contributed by atoms with E-state index < -0.39 is 0 Å². The summed E-state index contributed by atoms with van der Waals surface area (Å²) in [6, 6.07) is 22.4. The lowest BCUT2D eigenvalue weighted by Crippen LogP contribution is -2.49. The van der Waals surface area contributed by atoms with Crippen LogP contribution in [0.2, 0.25) is 0 Å². The topological polar surface area (TPSA) is 36.1 Å². The van der Waals surface area contributed by atoms with Crippen LogP contribution in [0.5, 0.6) is 0 Å². The molecule has 0 saturated heterocycles. The molecule has 2 aromatic carbocycles. The molecule has 3 atom stereocenters. The highest BCUT2D eigenvalue weighted by Gasteiger charge is 2.17. The smallest absolute Gasteiger partial charge is 0.0233 e. The van der Waals surface area contributed by atoms with Gasteiger partial charge >= 0.3 is 0 Å². The fourth-order valence-electron chi connectivity index (χ4n) is 3.46. The van der Waals surface area contributed by atoms with Crippen molar-refractivity contribution in [3.63, 3.8) is 0 Å². The van der Waals surface area contributed by atoms with Crippen LogP contribution in [0, 0.1) is 5.92 Å². The molecule has 0 aliphatic heterocycles. The molecule has 27 heavy (non-hydrogen) atoms. The lowest BCUT2D eigenvalue weighted by Gasteiger charge is -2.28. The molecule has 148 valence electrons. The van der Waals surface area contributed by atoms with E-state index in [0.29, 0.717) is 18.0 Å². The highest BCUT2D eigenvalue weighted by Crippen LogP contribution is 2.09. The SMILES string of the molecule is CCC(C)C(CN[C@H](CNC)Cc1ccccc1)NCCc1ccccc1. The molecule has 0 bridgehead atoms. The Morgan fingerprint density at radius 1 is 0.815 bits per heavy atom. The molecule has 3 N–H and O–H groups in total.